The number of amides is 1. The lowest BCUT2D eigenvalue weighted by Gasteiger charge is -2.12. The maximum absolute atomic E-state index is 14.6. The van der Waals surface area contributed by atoms with E-state index < -0.39 is 21.7 Å². The number of benzene rings is 4. The average molecular weight is 455 g/mol. The van der Waals surface area contributed by atoms with Crippen molar-refractivity contribution in [1.82, 2.24) is 0 Å². The van der Waals surface area contributed by atoms with Gasteiger partial charge >= 0.3 is 0 Å². The fourth-order valence-corrected chi connectivity index (χ4v) is 4.30. The fraction of sp³-hybridized carbons (Fsp3) is 0. The number of hydrogen-bond donors (Lipinski definition) is 2. The molecule has 0 atom stereocenters. The number of halogens is 2. The first-order valence-corrected chi connectivity index (χ1v) is 11.1. The van der Waals surface area contributed by atoms with E-state index in [1.54, 1.807) is 36.4 Å². The topological polar surface area (TPSA) is 75.3 Å². The van der Waals surface area contributed by atoms with Crippen LogP contribution in [-0.2, 0) is 10.0 Å². The van der Waals surface area contributed by atoms with Gasteiger partial charge in [0.1, 0.15) is 5.82 Å². The van der Waals surface area contributed by atoms with Crippen molar-refractivity contribution in [3.8, 4) is 0 Å². The summed E-state index contributed by atoms with van der Waals surface area (Å²) in [6, 6.07) is 21.9. The highest BCUT2D eigenvalue weighted by molar-refractivity contribution is 7.92. The molecule has 0 saturated heterocycles. The molecule has 2 N–H and O–H groups in total. The highest BCUT2D eigenvalue weighted by Gasteiger charge is 2.18. The predicted octanol–water partition coefficient (Wildman–Crippen LogP) is 5.69. The summed E-state index contributed by atoms with van der Waals surface area (Å²) >= 11 is 5.80. The highest BCUT2D eigenvalue weighted by atomic mass is 35.5. The van der Waals surface area contributed by atoms with E-state index in [9.17, 15) is 17.6 Å². The first kappa shape index (κ1) is 20.8. The number of rotatable bonds is 5. The zero-order chi connectivity index (χ0) is 22.0. The molecule has 0 unspecified atom stereocenters. The fourth-order valence-electron chi connectivity index (χ4n) is 3.08. The van der Waals surface area contributed by atoms with Crippen molar-refractivity contribution in [1.29, 1.82) is 0 Å². The molecule has 5 nitrogen and oxygen atoms in total. The lowest BCUT2D eigenvalue weighted by Crippen LogP contribution is -2.15. The third kappa shape index (κ3) is 4.52. The van der Waals surface area contributed by atoms with Crippen molar-refractivity contribution in [2.24, 2.45) is 0 Å². The highest BCUT2D eigenvalue weighted by Crippen LogP contribution is 2.27. The van der Waals surface area contributed by atoms with Gasteiger partial charge in [-0.25, -0.2) is 12.8 Å². The molecule has 0 radical (unpaired) electrons. The van der Waals surface area contributed by atoms with Crippen molar-refractivity contribution < 1.29 is 17.6 Å². The van der Waals surface area contributed by atoms with Crippen molar-refractivity contribution >= 4 is 49.7 Å². The molecule has 8 heteroatoms. The van der Waals surface area contributed by atoms with Gasteiger partial charge in [0.15, 0.2) is 0 Å². The molecular weight excluding hydrogens is 439 g/mol. The SMILES string of the molecule is O=C(Nc1ccc(S(=O)(=O)Nc2cccc3ccccc23)cc1F)c1ccc(Cl)cc1. The molecule has 31 heavy (non-hydrogen) atoms. The molecule has 4 rings (SSSR count). The molecule has 4 aromatic rings. The van der Waals surface area contributed by atoms with Crippen molar-refractivity contribution in [2.45, 2.75) is 4.90 Å². The van der Waals surface area contributed by atoms with E-state index in [2.05, 4.69) is 10.0 Å². The average Bonchev–Trinajstić information content (AvgIpc) is 2.75. The van der Waals surface area contributed by atoms with Crippen molar-refractivity contribution in [3.05, 3.63) is 101 Å². The Morgan fingerprint density at radius 2 is 1.55 bits per heavy atom. The smallest absolute Gasteiger partial charge is 0.262 e. The van der Waals surface area contributed by atoms with Crippen LogP contribution in [0.25, 0.3) is 10.8 Å². The molecule has 4 aromatic carbocycles. The minimum absolute atomic E-state index is 0.135. The number of hydrogen-bond acceptors (Lipinski definition) is 3. The molecule has 0 bridgehead atoms. The van der Waals surface area contributed by atoms with Crippen LogP contribution in [0.2, 0.25) is 5.02 Å². The van der Waals surface area contributed by atoms with Gasteiger partial charge in [0, 0.05) is 16.0 Å². The first-order chi connectivity index (χ1) is 14.8. The third-order valence-electron chi connectivity index (χ3n) is 4.64. The molecule has 156 valence electrons. The Balaban J connectivity index is 1.58. The Labute approximate surface area is 183 Å². The zero-order valence-electron chi connectivity index (χ0n) is 16.0. The Hall–Kier alpha value is -3.42. The summed E-state index contributed by atoms with van der Waals surface area (Å²) in [7, 11) is -4.05. The van der Waals surface area contributed by atoms with Gasteiger partial charge in [-0.2, -0.15) is 0 Å². The second-order valence-corrected chi connectivity index (χ2v) is 8.85. The molecule has 0 spiro atoms. The van der Waals surface area contributed by atoms with Crippen LogP contribution in [-0.4, -0.2) is 14.3 Å². The molecule has 0 aliphatic rings. The summed E-state index contributed by atoms with van der Waals surface area (Å²) in [5, 5.41) is 4.49. The van der Waals surface area contributed by atoms with E-state index >= 15 is 0 Å². The summed E-state index contributed by atoms with van der Waals surface area (Å²) in [5.74, 6) is -1.41. The molecule has 1 amide bonds. The van der Waals surface area contributed by atoms with Crippen molar-refractivity contribution in [2.75, 3.05) is 10.0 Å². The Morgan fingerprint density at radius 3 is 2.29 bits per heavy atom. The van der Waals surface area contributed by atoms with Gasteiger partial charge in [0.2, 0.25) is 0 Å². The van der Waals surface area contributed by atoms with E-state index in [-0.39, 0.29) is 16.1 Å². The summed E-state index contributed by atoms with van der Waals surface area (Å²) in [5.41, 5.74) is 0.542. The number of nitrogens with one attached hydrogen (secondary N) is 2. The van der Waals surface area contributed by atoms with E-state index in [4.69, 9.17) is 11.6 Å². The second-order valence-electron chi connectivity index (χ2n) is 6.73. The van der Waals surface area contributed by atoms with Crippen LogP contribution in [0.1, 0.15) is 10.4 Å². The number of fused-ring (bicyclic) bond motifs is 1. The molecule has 0 aromatic heterocycles. The Kier molecular flexibility index (Phi) is 5.63. The zero-order valence-corrected chi connectivity index (χ0v) is 17.5. The van der Waals surface area contributed by atoms with Gasteiger partial charge in [-0.15, -0.1) is 0 Å². The van der Waals surface area contributed by atoms with Crippen LogP contribution in [0.3, 0.4) is 0 Å². The van der Waals surface area contributed by atoms with E-state index in [0.717, 1.165) is 16.8 Å². The minimum atomic E-state index is -4.05. The number of carbonyl (C=O) groups is 1. The van der Waals surface area contributed by atoms with E-state index in [1.165, 1.54) is 24.3 Å². The third-order valence-corrected chi connectivity index (χ3v) is 6.25. The maximum Gasteiger partial charge on any atom is 0.262 e. The first-order valence-electron chi connectivity index (χ1n) is 9.20. The van der Waals surface area contributed by atoms with Crippen LogP contribution in [0, 0.1) is 5.82 Å². The Bertz CT molecular complexity index is 1380. The predicted molar refractivity (Wildman–Crippen MR) is 121 cm³/mol. The number of anilines is 2. The maximum atomic E-state index is 14.6. The van der Waals surface area contributed by atoms with Gasteiger partial charge < -0.3 is 5.32 Å². The quantitative estimate of drug-likeness (QED) is 0.407. The lowest BCUT2D eigenvalue weighted by atomic mass is 10.1. The van der Waals surface area contributed by atoms with Crippen LogP contribution in [0.15, 0.2) is 89.8 Å². The normalized spacial score (nSPS) is 11.3. The number of carbonyl (C=O) groups excluding carboxylic acids is 1. The molecular formula is C23H16ClFN2O3S. The van der Waals surface area contributed by atoms with Gasteiger partial charge in [-0.05, 0) is 53.9 Å². The summed E-state index contributed by atoms with van der Waals surface area (Å²) in [4.78, 5) is 12.0. The second kappa shape index (κ2) is 8.37. The van der Waals surface area contributed by atoms with Crippen LogP contribution in [0.4, 0.5) is 15.8 Å². The molecule has 0 aliphatic heterocycles. The Morgan fingerprint density at radius 1 is 0.839 bits per heavy atom. The largest absolute Gasteiger partial charge is 0.319 e. The molecule has 0 heterocycles. The standard InChI is InChI=1S/C23H16ClFN2O3S/c24-17-10-8-16(9-11-17)23(28)26-22-13-12-18(14-20(22)25)31(29,30)27-21-7-3-5-15-4-1-2-6-19(15)21/h1-14,27H,(H,26,28). The summed E-state index contributed by atoms with van der Waals surface area (Å²) < 4.78 is 42.7. The van der Waals surface area contributed by atoms with Gasteiger partial charge in [-0.1, -0.05) is 48.0 Å². The number of sulfonamides is 1. The molecule has 0 saturated carbocycles. The van der Waals surface area contributed by atoms with Gasteiger partial charge in [0.05, 0.1) is 16.3 Å². The van der Waals surface area contributed by atoms with E-state index in [1.807, 2.05) is 18.2 Å². The van der Waals surface area contributed by atoms with Crippen molar-refractivity contribution in [3.63, 3.8) is 0 Å². The minimum Gasteiger partial charge on any atom is -0.319 e. The van der Waals surface area contributed by atoms with Gasteiger partial charge in [-0.3, -0.25) is 9.52 Å². The molecule has 0 fully saturated rings. The van der Waals surface area contributed by atoms with Gasteiger partial charge in [0.25, 0.3) is 15.9 Å². The molecule has 0 aliphatic carbocycles. The van der Waals surface area contributed by atoms with E-state index in [0.29, 0.717) is 10.7 Å². The summed E-state index contributed by atoms with van der Waals surface area (Å²) in [6.45, 7) is 0. The summed E-state index contributed by atoms with van der Waals surface area (Å²) in [6.07, 6.45) is 0. The monoisotopic (exact) mass is 454 g/mol. The lowest BCUT2D eigenvalue weighted by molar-refractivity contribution is 0.102. The van der Waals surface area contributed by atoms with Crippen LogP contribution >= 0.6 is 11.6 Å². The van der Waals surface area contributed by atoms with Crippen LogP contribution in [0.5, 0.6) is 0 Å². The van der Waals surface area contributed by atoms with Crippen LogP contribution < -0.4 is 10.0 Å².